The number of oxime groups is 1. The molecule has 98 valence electrons. The van der Waals surface area contributed by atoms with E-state index in [1.54, 1.807) is 4.90 Å². The fraction of sp³-hybridized carbons (Fsp3) is 0.818. The van der Waals surface area contributed by atoms with Gasteiger partial charge in [0.05, 0.1) is 11.8 Å². The van der Waals surface area contributed by atoms with Gasteiger partial charge in [-0.05, 0) is 20.8 Å². The number of carbonyl (C=O) groups excluding carboxylic acids is 1. The Bertz CT molecular complexity index is 310. The molecule has 1 fully saturated rings. The van der Waals surface area contributed by atoms with Crippen molar-refractivity contribution in [2.24, 2.45) is 10.9 Å². The Morgan fingerprint density at radius 1 is 1.53 bits per heavy atom. The molecule has 1 heterocycles. The number of amides is 1. The minimum absolute atomic E-state index is 0.281. The van der Waals surface area contributed by atoms with Crippen molar-refractivity contribution in [3.05, 3.63) is 0 Å². The van der Waals surface area contributed by atoms with Crippen molar-refractivity contribution in [3.63, 3.8) is 0 Å². The summed E-state index contributed by atoms with van der Waals surface area (Å²) in [5.74, 6) is 0. The molecule has 0 aromatic carbocycles. The molecule has 1 aliphatic rings. The maximum absolute atomic E-state index is 11.8. The molecule has 0 aromatic rings. The van der Waals surface area contributed by atoms with Gasteiger partial charge in [0.1, 0.15) is 12.7 Å². The third kappa shape index (κ3) is 4.22. The molecule has 0 bridgehead atoms. The number of hydrogen-bond donors (Lipinski definition) is 1. The van der Waals surface area contributed by atoms with Crippen LogP contribution in [-0.4, -0.2) is 48.5 Å². The van der Waals surface area contributed by atoms with Crippen LogP contribution in [0, 0.1) is 0 Å². The van der Waals surface area contributed by atoms with Gasteiger partial charge in [0.2, 0.25) is 0 Å². The van der Waals surface area contributed by atoms with Crippen LogP contribution in [0.4, 0.5) is 4.79 Å². The van der Waals surface area contributed by atoms with Gasteiger partial charge in [-0.25, -0.2) is 4.79 Å². The van der Waals surface area contributed by atoms with Crippen molar-refractivity contribution in [2.45, 2.75) is 38.8 Å². The van der Waals surface area contributed by atoms with Crippen LogP contribution in [0.5, 0.6) is 0 Å². The lowest BCUT2D eigenvalue weighted by atomic mass is 10.0. The quantitative estimate of drug-likeness (QED) is 0.696. The summed E-state index contributed by atoms with van der Waals surface area (Å²) < 4.78 is 5.28. The summed E-state index contributed by atoms with van der Waals surface area (Å²) in [6, 6.07) is -0.281. The fourth-order valence-corrected chi connectivity index (χ4v) is 1.59. The second kappa shape index (κ2) is 5.35. The largest absolute Gasteiger partial charge is 0.444 e. The summed E-state index contributed by atoms with van der Waals surface area (Å²) in [5, 5.41) is 3.85. The number of nitrogens with two attached hydrogens (primary N) is 1. The minimum Gasteiger partial charge on any atom is -0.444 e. The predicted molar refractivity (Wildman–Crippen MR) is 64.8 cm³/mol. The average molecular weight is 243 g/mol. The molecule has 6 heteroatoms. The number of carbonyl (C=O) groups is 1. The molecule has 0 saturated carbocycles. The van der Waals surface area contributed by atoms with Crippen LogP contribution in [0.15, 0.2) is 5.16 Å². The zero-order chi connectivity index (χ0) is 13.1. The van der Waals surface area contributed by atoms with E-state index in [0.717, 1.165) is 5.71 Å². The lowest BCUT2D eigenvalue weighted by Crippen LogP contribution is -2.52. The van der Waals surface area contributed by atoms with Gasteiger partial charge in [-0.1, -0.05) is 5.16 Å². The Labute approximate surface area is 102 Å². The first-order chi connectivity index (χ1) is 7.83. The standard InChI is InChI=1S/C11H21N3O3/c1-11(2,3)17-10(15)14-6-5-9(13-16-4)8(12)7-14/h8H,5-7,12H2,1-4H3/b13-9+/t8-/m1/s1. The van der Waals surface area contributed by atoms with Gasteiger partial charge < -0.3 is 20.2 Å². The topological polar surface area (TPSA) is 77.1 Å². The molecule has 0 aliphatic carbocycles. The molecular weight excluding hydrogens is 222 g/mol. The van der Waals surface area contributed by atoms with Crippen molar-refractivity contribution in [1.29, 1.82) is 0 Å². The first-order valence-electron chi connectivity index (χ1n) is 5.67. The van der Waals surface area contributed by atoms with E-state index in [1.165, 1.54) is 7.11 Å². The van der Waals surface area contributed by atoms with Crippen LogP contribution in [0.2, 0.25) is 0 Å². The zero-order valence-corrected chi connectivity index (χ0v) is 10.9. The number of nitrogens with zero attached hydrogens (tertiary/aromatic N) is 2. The summed E-state index contributed by atoms with van der Waals surface area (Å²) in [7, 11) is 1.49. The second-order valence-electron chi connectivity index (χ2n) is 5.05. The molecular formula is C11H21N3O3. The highest BCUT2D eigenvalue weighted by Gasteiger charge is 2.29. The third-order valence-corrected chi connectivity index (χ3v) is 2.34. The van der Waals surface area contributed by atoms with Gasteiger partial charge in [0, 0.05) is 19.5 Å². The lowest BCUT2D eigenvalue weighted by Gasteiger charge is -2.33. The van der Waals surface area contributed by atoms with Crippen molar-refractivity contribution < 1.29 is 14.4 Å². The molecule has 1 saturated heterocycles. The molecule has 1 rings (SSSR count). The van der Waals surface area contributed by atoms with Crippen LogP contribution < -0.4 is 5.73 Å². The normalized spacial score (nSPS) is 23.7. The molecule has 6 nitrogen and oxygen atoms in total. The molecule has 0 spiro atoms. The average Bonchev–Trinajstić information content (AvgIpc) is 2.18. The smallest absolute Gasteiger partial charge is 0.410 e. The first-order valence-corrected chi connectivity index (χ1v) is 5.67. The highest BCUT2D eigenvalue weighted by molar-refractivity contribution is 5.91. The number of ether oxygens (including phenoxy) is 1. The Morgan fingerprint density at radius 2 is 2.18 bits per heavy atom. The Morgan fingerprint density at radius 3 is 2.65 bits per heavy atom. The summed E-state index contributed by atoms with van der Waals surface area (Å²) in [4.78, 5) is 18.1. The molecule has 1 aliphatic heterocycles. The first kappa shape index (κ1) is 13.8. The van der Waals surface area contributed by atoms with Crippen LogP contribution >= 0.6 is 0 Å². The number of likely N-dealkylation sites (tertiary alicyclic amines) is 1. The van der Waals surface area contributed by atoms with Crippen LogP contribution in [0.25, 0.3) is 0 Å². The van der Waals surface area contributed by atoms with Crippen LogP contribution in [0.1, 0.15) is 27.2 Å². The van der Waals surface area contributed by atoms with E-state index in [2.05, 4.69) is 5.16 Å². The summed E-state index contributed by atoms with van der Waals surface area (Å²) in [6.45, 7) is 6.49. The Kier molecular flexibility index (Phi) is 4.34. The van der Waals surface area contributed by atoms with Gasteiger partial charge in [0.15, 0.2) is 0 Å². The van der Waals surface area contributed by atoms with Crippen molar-refractivity contribution in [3.8, 4) is 0 Å². The van der Waals surface area contributed by atoms with E-state index in [-0.39, 0.29) is 12.1 Å². The summed E-state index contributed by atoms with van der Waals surface area (Å²) in [6.07, 6.45) is 0.290. The molecule has 17 heavy (non-hydrogen) atoms. The van der Waals surface area contributed by atoms with E-state index in [9.17, 15) is 4.79 Å². The van der Waals surface area contributed by atoms with Crippen molar-refractivity contribution >= 4 is 11.8 Å². The molecule has 0 aromatic heterocycles. The van der Waals surface area contributed by atoms with E-state index in [4.69, 9.17) is 15.3 Å². The zero-order valence-electron chi connectivity index (χ0n) is 10.9. The Hall–Kier alpha value is -1.30. The van der Waals surface area contributed by atoms with E-state index in [1.807, 2.05) is 20.8 Å². The predicted octanol–water partition coefficient (Wildman–Crippen LogP) is 0.957. The minimum atomic E-state index is -0.484. The summed E-state index contributed by atoms with van der Waals surface area (Å²) >= 11 is 0. The van der Waals surface area contributed by atoms with Crippen LogP contribution in [-0.2, 0) is 9.57 Å². The lowest BCUT2D eigenvalue weighted by molar-refractivity contribution is 0.0239. The van der Waals surface area contributed by atoms with Crippen molar-refractivity contribution in [2.75, 3.05) is 20.2 Å². The van der Waals surface area contributed by atoms with E-state index in [0.29, 0.717) is 19.5 Å². The van der Waals surface area contributed by atoms with E-state index < -0.39 is 5.60 Å². The van der Waals surface area contributed by atoms with Gasteiger partial charge in [0.25, 0.3) is 0 Å². The molecule has 1 amide bonds. The number of rotatable bonds is 1. The third-order valence-electron chi connectivity index (χ3n) is 2.34. The highest BCUT2D eigenvalue weighted by Crippen LogP contribution is 2.13. The van der Waals surface area contributed by atoms with Gasteiger partial charge in [-0.15, -0.1) is 0 Å². The van der Waals surface area contributed by atoms with Crippen LogP contribution in [0.3, 0.4) is 0 Å². The summed E-state index contributed by atoms with van der Waals surface area (Å²) in [5.41, 5.74) is 6.20. The maximum atomic E-state index is 11.8. The second-order valence-corrected chi connectivity index (χ2v) is 5.05. The van der Waals surface area contributed by atoms with Gasteiger partial charge in [-0.3, -0.25) is 0 Å². The SMILES string of the molecule is CO/N=C1\CCN(C(=O)OC(C)(C)C)C[C@H]1N. The van der Waals surface area contributed by atoms with Gasteiger partial charge in [-0.2, -0.15) is 0 Å². The molecule has 0 unspecified atom stereocenters. The van der Waals surface area contributed by atoms with Crippen molar-refractivity contribution in [1.82, 2.24) is 4.90 Å². The molecule has 2 N–H and O–H groups in total. The fourth-order valence-electron chi connectivity index (χ4n) is 1.59. The monoisotopic (exact) mass is 243 g/mol. The highest BCUT2D eigenvalue weighted by atomic mass is 16.6. The molecule has 0 radical (unpaired) electrons. The molecule has 1 atom stereocenters. The number of hydrogen-bond acceptors (Lipinski definition) is 5. The van der Waals surface area contributed by atoms with E-state index >= 15 is 0 Å². The van der Waals surface area contributed by atoms with Gasteiger partial charge >= 0.3 is 6.09 Å². The number of piperidine rings is 1. The maximum Gasteiger partial charge on any atom is 0.410 e. The Balaban J connectivity index is 2.55.